The molecule has 0 spiro atoms. The normalized spacial score (nSPS) is 57.8. The second-order valence-electron chi connectivity index (χ2n) is 6.16. The van der Waals surface area contributed by atoms with Crippen molar-refractivity contribution in [3.05, 3.63) is 0 Å². The molecule has 0 unspecified atom stereocenters. The molecule has 0 N–H and O–H groups in total. The minimum atomic E-state index is 0.110. The summed E-state index contributed by atoms with van der Waals surface area (Å²) in [5, 5.41) is 9.30. The molecule has 4 aliphatic rings. The molecule has 4 bridgehead atoms. The van der Waals surface area contributed by atoms with Gasteiger partial charge in [0.1, 0.15) is 0 Å². The predicted octanol–water partition coefficient (Wildman–Crippen LogP) is 3.12. The van der Waals surface area contributed by atoms with Gasteiger partial charge in [0.25, 0.3) is 0 Å². The van der Waals surface area contributed by atoms with Crippen LogP contribution in [0.4, 0.5) is 0 Å². The first-order valence-corrected chi connectivity index (χ1v) is 5.54. The second kappa shape index (κ2) is 2.11. The molecule has 0 saturated heterocycles. The molecule has 0 aromatic rings. The Morgan fingerprint density at radius 3 is 2.23 bits per heavy atom. The fraction of sp³-hybridized carbons (Fsp3) is 0.917. The lowest BCUT2D eigenvalue weighted by Crippen LogP contribution is -2.50. The highest BCUT2D eigenvalue weighted by atomic mass is 14.6. The van der Waals surface area contributed by atoms with E-state index < -0.39 is 0 Å². The zero-order valence-corrected chi connectivity index (χ0v) is 8.34. The third kappa shape index (κ3) is 0.980. The first kappa shape index (κ1) is 7.85. The Hall–Kier alpha value is -0.510. The topological polar surface area (TPSA) is 23.8 Å². The molecule has 1 nitrogen and oxygen atoms in total. The lowest BCUT2D eigenvalue weighted by atomic mass is 9.45. The smallest absolute Gasteiger partial charge is 0.0690 e. The molecule has 4 rings (SSSR count). The summed E-state index contributed by atoms with van der Waals surface area (Å²) in [6, 6.07) is 2.63. The van der Waals surface area contributed by atoms with Crippen LogP contribution in [0.15, 0.2) is 0 Å². The molecule has 13 heavy (non-hydrogen) atoms. The number of hydrogen-bond donors (Lipinski definition) is 0. The molecule has 4 fully saturated rings. The summed E-state index contributed by atoms with van der Waals surface area (Å²) in [7, 11) is 0. The predicted molar refractivity (Wildman–Crippen MR) is 50.8 cm³/mol. The zero-order valence-electron chi connectivity index (χ0n) is 8.34. The molecule has 0 aromatic carbocycles. The van der Waals surface area contributed by atoms with E-state index in [1.165, 1.54) is 38.5 Å². The van der Waals surface area contributed by atoms with E-state index >= 15 is 0 Å². The lowest BCUT2D eigenvalue weighted by Gasteiger charge is -2.58. The fourth-order valence-electron chi connectivity index (χ4n) is 4.85. The van der Waals surface area contributed by atoms with Gasteiger partial charge in [0, 0.05) is 0 Å². The highest BCUT2D eigenvalue weighted by Gasteiger charge is 2.55. The van der Waals surface area contributed by atoms with Gasteiger partial charge in [-0.3, -0.25) is 0 Å². The average molecular weight is 175 g/mol. The van der Waals surface area contributed by atoms with Crippen LogP contribution < -0.4 is 0 Å². The molecular weight excluding hydrogens is 158 g/mol. The number of hydrogen-bond acceptors (Lipinski definition) is 1. The maximum Gasteiger partial charge on any atom is 0.0690 e. The van der Waals surface area contributed by atoms with Gasteiger partial charge in [-0.2, -0.15) is 5.26 Å². The average Bonchev–Trinajstić information content (AvgIpc) is 1.99. The van der Waals surface area contributed by atoms with E-state index in [1.54, 1.807) is 0 Å². The second-order valence-corrected chi connectivity index (χ2v) is 6.16. The van der Waals surface area contributed by atoms with Crippen molar-refractivity contribution in [2.45, 2.75) is 45.4 Å². The summed E-state index contributed by atoms with van der Waals surface area (Å²) in [4.78, 5) is 0. The first-order chi connectivity index (χ1) is 6.13. The quantitative estimate of drug-likeness (QED) is 0.555. The zero-order chi connectivity index (χ0) is 9.10. The van der Waals surface area contributed by atoms with Crippen molar-refractivity contribution in [2.24, 2.45) is 22.7 Å². The van der Waals surface area contributed by atoms with Gasteiger partial charge in [0.15, 0.2) is 0 Å². The van der Waals surface area contributed by atoms with Crippen LogP contribution >= 0.6 is 0 Å². The van der Waals surface area contributed by atoms with Gasteiger partial charge in [0.2, 0.25) is 0 Å². The summed E-state index contributed by atoms with van der Waals surface area (Å²) in [6.07, 6.45) is 7.88. The minimum Gasteiger partial charge on any atom is -0.198 e. The molecule has 4 saturated carbocycles. The van der Waals surface area contributed by atoms with Crippen molar-refractivity contribution in [3.8, 4) is 6.07 Å². The molecule has 2 atom stereocenters. The van der Waals surface area contributed by atoms with Gasteiger partial charge >= 0.3 is 0 Å². The van der Waals surface area contributed by atoms with Crippen molar-refractivity contribution < 1.29 is 0 Å². The van der Waals surface area contributed by atoms with Crippen LogP contribution in [0.25, 0.3) is 0 Å². The monoisotopic (exact) mass is 175 g/mol. The molecular formula is C12H17N. The largest absolute Gasteiger partial charge is 0.198 e. The third-order valence-corrected chi connectivity index (χ3v) is 4.59. The summed E-state index contributed by atoms with van der Waals surface area (Å²) >= 11 is 0. The minimum absolute atomic E-state index is 0.110. The standard InChI is InChI=1S/C12H17N/c1-11-3-9-2-10(4-11)6-12(5-9,7-11)8-13/h9-10H,2-7H2,1H3/t9-,10-,11?,12?/m1/s1. The van der Waals surface area contributed by atoms with Crippen LogP contribution in [0.3, 0.4) is 0 Å². The summed E-state index contributed by atoms with van der Waals surface area (Å²) in [5.41, 5.74) is 0.651. The van der Waals surface area contributed by atoms with E-state index in [-0.39, 0.29) is 5.41 Å². The van der Waals surface area contributed by atoms with Gasteiger partial charge in [-0.1, -0.05) is 6.92 Å². The van der Waals surface area contributed by atoms with Crippen molar-refractivity contribution in [1.82, 2.24) is 0 Å². The lowest BCUT2D eigenvalue weighted by molar-refractivity contribution is -0.0738. The van der Waals surface area contributed by atoms with Crippen molar-refractivity contribution in [2.75, 3.05) is 0 Å². The van der Waals surface area contributed by atoms with E-state index in [1.807, 2.05) is 0 Å². The number of nitriles is 1. The Balaban J connectivity index is 2.01. The molecule has 1 heteroatoms. The van der Waals surface area contributed by atoms with Crippen LogP contribution in [0, 0.1) is 34.0 Å². The molecule has 0 radical (unpaired) electrons. The Labute approximate surface area is 80.1 Å². The van der Waals surface area contributed by atoms with Crippen molar-refractivity contribution in [3.63, 3.8) is 0 Å². The molecule has 0 amide bonds. The Morgan fingerprint density at radius 1 is 1.15 bits per heavy atom. The fourth-order valence-corrected chi connectivity index (χ4v) is 4.85. The summed E-state index contributed by atoms with van der Waals surface area (Å²) in [5.74, 6) is 1.79. The molecule has 4 aliphatic carbocycles. The maximum absolute atomic E-state index is 9.30. The van der Waals surface area contributed by atoms with Crippen LogP contribution in [0.1, 0.15) is 45.4 Å². The summed E-state index contributed by atoms with van der Waals surface area (Å²) in [6.45, 7) is 2.41. The Bertz CT molecular complexity index is 272. The van der Waals surface area contributed by atoms with Crippen molar-refractivity contribution in [1.29, 1.82) is 5.26 Å². The molecule has 0 heterocycles. The van der Waals surface area contributed by atoms with Crippen LogP contribution in [-0.4, -0.2) is 0 Å². The van der Waals surface area contributed by atoms with E-state index in [2.05, 4.69) is 13.0 Å². The highest BCUT2D eigenvalue weighted by Crippen LogP contribution is 2.64. The SMILES string of the molecule is CC12C[C@H]3C[C@H](C1)CC(C#N)(C3)C2. The van der Waals surface area contributed by atoms with Crippen molar-refractivity contribution >= 4 is 0 Å². The van der Waals surface area contributed by atoms with E-state index in [0.717, 1.165) is 11.8 Å². The van der Waals surface area contributed by atoms with Gasteiger partial charge < -0.3 is 0 Å². The Morgan fingerprint density at radius 2 is 1.77 bits per heavy atom. The van der Waals surface area contributed by atoms with E-state index in [0.29, 0.717) is 5.41 Å². The van der Waals surface area contributed by atoms with Gasteiger partial charge in [-0.15, -0.1) is 0 Å². The van der Waals surface area contributed by atoms with Gasteiger partial charge in [-0.25, -0.2) is 0 Å². The maximum atomic E-state index is 9.30. The van der Waals surface area contributed by atoms with Crippen LogP contribution in [0.5, 0.6) is 0 Å². The first-order valence-electron chi connectivity index (χ1n) is 5.54. The summed E-state index contributed by atoms with van der Waals surface area (Å²) < 4.78 is 0. The number of rotatable bonds is 0. The molecule has 0 aromatic heterocycles. The Kier molecular flexibility index (Phi) is 1.27. The van der Waals surface area contributed by atoms with Gasteiger partial charge in [0.05, 0.1) is 11.5 Å². The van der Waals surface area contributed by atoms with E-state index in [4.69, 9.17) is 0 Å². The number of nitrogens with zero attached hydrogens (tertiary/aromatic N) is 1. The highest BCUT2D eigenvalue weighted by molar-refractivity contribution is 5.14. The van der Waals surface area contributed by atoms with Crippen LogP contribution in [0.2, 0.25) is 0 Å². The molecule has 70 valence electrons. The van der Waals surface area contributed by atoms with Crippen LogP contribution in [-0.2, 0) is 0 Å². The van der Waals surface area contributed by atoms with Gasteiger partial charge in [-0.05, 0) is 55.8 Å². The molecule has 0 aliphatic heterocycles. The third-order valence-electron chi connectivity index (χ3n) is 4.59. The van der Waals surface area contributed by atoms with E-state index in [9.17, 15) is 5.26 Å².